The number of aliphatic carboxylic acids is 1. The smallest absolute Gasteiger partial charge is 0.309 e. The van der Waals surface area contributed by atoms with E-state index in [2.05, 4.69) is 0 Å². The maximum absolute atomic E-state index is 10.7. The van der Waals surface area contributed by atoms with E-state index in [1.54, 1.807) is 0 Å². The van der Waals surface area contributed by atoms with Gasteiger partial charge in [-0.25, -0.2) is 0 Å². The minimum atomic E-state index is -0.634. The molecule has 3 heteroatoms. The summed E-state index contributed by atoms with van der Waals surface area (Å²) in [5.74, 6) is -0.231. The summed E-state index contributed by atoms with van der Waals surface area (Å²) in [4.78, 5) is 10.7. The van der Waals surface area contributed by atoms with Gasteiger partial charge in [-0.1, -0.05) is 0 Å². The summed E-state index contributed by atoms with van der Waals surface area (Å²) in [6, 6.07) is 0.148. The Morgan fingerprint density at radius 2 is 2.30 bits per heavy atom. The molecule has 0 unspecified atom stereocenters. The number of fused-ring (bicyclic) bond motifs is 1. The normalized spacial score (nSPS) is 50.5. The van der Waals surface area contributed by atoms with E-state index in [4.69, 9.17) is 10.8 Å². The van der Waals surface area contributed by atoms with Crippen molar-refractivity contribution in [2.75, 3.05) is 0 Å². The molecule has 3 nitrogen and oxygen atoms in total. The zero-order valence-electron chi connectivity index (χ0n) is 5.71. The van der Waals surface area contributed by atoms with Crippen LogP contribution in [0, 0.1) is 11.3 Å². The fourth-order valence-electron chi connectivity index (χ4n) is 2.21. The predicted octanol–water partition coefficient (Wildman–Crippen LogP) is 0.198. The number of carboxylic acids is 1. The first-order chi connectivity index (χ1) is 4.65. The van der Waals surface area contributed by atoms with Crippen molar-refractivity contribution in [2.24, 2.45) is 17.1 Å². The maximum Gasteiger partial charge on any atom is 0.309 e. The Bertz CT molecular complexity index is 192. The van der Waals surface area contributed by atoms with Crippen LogP contribution in [0.15, 0.2) is 0 Å². The molecule has 0 aromatic heterocycles. The first-order valence-electron chi connectivity index (χ1n) is 3.64. The highest BCUT2D eigenvalue weighted by atomic mass is 16.4. The third-order valence-corrected chi connectivity index (χ3v) is 2.87. The quantitative estimate of drug-likeness (QED) is 0.548. The average Bonchev–Trinajstić information content (AvgIpc) is 2.37. The summed E-state index contributed by atoms with van der Waals surface area (Å²) in [5, 5.41) is 8.78. The number of hydrogen-bond donors (Lipinski definition) is 2. The van der Waals surface area contributed by atoms with Crippen molar-refractivity contribution >= 4 is 5.97 Å². The summed E-state index contributed by atoms with van der Waals surface area (Å²) >= 11 is 0. The zero-order valence-corrected chi connectivity index (χ0v) is 5.71. The third kappa shape index (κ3) is 0.560. The van der Waals surface area contributed by atoms with Gasteiger partial charge in [0.15, 0.2) is 0 Å². The standard InChI is InChI=1S/C7H11NO2/c8-5-1-4-2-7(4,3-5)6(9)10/h4-5H,1-3,8H2,(H,9,10)/t4-,5+,7+/m0/s1. The van der Waals surface area contributed by atoms with E-state index in [1.165, 1.54) is 0 Å². The number of nitrogens with two attached hydrogens (primary N) is 1. The lowest BCUT2D eigenvalue weighted by Crippen LogP contribution is -2.22. The van der Waals surface area contributed by atoms with E-state index in [0.717, 1.165) is 12.8 Å². The highest BCUT2D eigenvalue weighted by molar-refractivity contribution is 5.79. The van der Waals surface area contributed by atoms with Gasteiger partial charge in [-0.2, -0.15) is 0 Å². The third-order valence-electron chi connectivity index (χ3n) is 2.87. The summed E-state index contributed by atoms with van der Waals surface area (Å²) in [6.45, 7) is 0. The molecule has 3 atom stereocenters. The fraction of sp³-hybridized carbons (Fsp3) is 0.857. The molecule has 0 bridgehead atoms. The van der Waals surface area contributed by atoms with Gasteiger partial charge >= 0.3 is 5.97 Å². The molecule has 2 fully saturated rings. The van der Waals surface area contributed by atoms with E-state index < -0.39 is 5.97 Å². The van der Waals surface area contributed by atoms with E-state index >= 15 is 0 Å². The van der Waals surface area contributed by atoms with Gasteiger partial charge in [0, 0.05) is 6.04 Å². The van der Waals surface area contributed by atoms with Crippen molar-refractivity contribution in [2.45, 2.75) is 25.3 Å². The van der Waals surface area contributed by atoms with Crippen molar-refractivity contribution in [1.82, 2.24) is 0 Å². The van der Waals surface area contributed by atoms with Crippen molar-refractivity contribution in [3.05, 3.63) is 0 Å². The molecule has 0 aromatic carbocycles. The summed E-state index contributed by atoms with van der Waals surface area (Å²) in [5.41, 5.74) is 5.24. The first kappa shape index (κ1) is 6.16. The lowest BCUT2D eigenvalue weighted by atomic mass is 10.0. The van der Waals surface area contributed by atoms with Gasteiger partial charge in [0.2, 0.25) is 0 Å². The molecular weight excluding hydrogens is 130 g/mol. The number of carbonyl (C=O) groups is 1. The molecule has 2 aliphatic rings. The molecule has 0 radical (unpaired) electrons. The van der Waals surface area contributed by atoms with Gasteiger partial charge in [0.05, 0.1) is 5.41 Å². The molecule has 3 N–H and O–H groups in total. The molecule has 0 aromatic rings. The molecule has 0 amide bonds. The SMILES string of the molecule is N[C@@H]1C[C@H]2C[C@@]2(C(=O)O)C1. The van der Waals surface area contributed by atoms with Crippen LogP contribution < -0.4 is 5.73 Å². The number of rotatable bonds is 1. The van der Waals surface area contributed by atoms with Gasteiger partial charge < -0.3 is 10.8 Å². The van der Waals surface area contributed by atoms with E-state index in [9.17, 15) is 4.79 Å². The first-order valence-corrected chi connectivity index (χ1v) is 3.64. The Balaban J connectivity index is 2.15. The van der Waals surface area contributed by atoms with Crippen molar-refractivity contribution in [1.29, 1.82) is 0 Å². The molecular formula is C7H11NO2. The molecule has 56 valence electrons. The van der Waals surface area contributed by atoms with E-state index in [0.29, 0.717) is 12.3 Å². The summed E-state index contributed by atoms with van der Waals surface area (Å²) in [7, 11) is 0. The van der Waals surface area contributed by atoms with Crippen LogP contribution in [-0.2, 0) is 4.79 Å². The lowest BCUT2D eigenvalue weighted by molar-refractivity contribution is -0.143. The van der Waals surface area contributed by atoms with Crippen LogP contribution in [0.5, 0.6) is 0 Å². The Hall–Kier alpha value is -0.570. The highest BCUT2D eigenvalue weighted by Crippen LogP contribution is 2.63. The Labute approximate surface area is 59.2 Å². The molecule has 2 saturated carbocycles. The second-order valence-corrected chi connectivity index (χ2v) is 3.56. The fourth-order valence-corrected chi connectivity index (χ4v) is 2.21. The molecule has 0 spiro atoms. The Morgan fingerprint density at radius 3 is 2.60 bits per heavy atom. The molecule has 0 saturated heterocycles. The minimum Gasteiger partial charge on any atom is -0.481 e. The molecule has 10 heavy (non-hydrogen) atoms. The second-order valence-electron chi connectivity index (χ2n) is 3.56. The highest BCUT2D eigenvalue weighted by Gasteiger charge is 2.64. The van der Waals surface area contributed by atoms with Crippen LogP contribution >= 0.6 is 0 Å². The van der Waals surface area contributed by atoms with Crippen LogP contribution in [0.1, 0.15) is 19.3 Å². The van der Waals surface area contributed by atoms with Gasteiger partial charge in [0.1, 0.15) is 0 Å². The van der Waals surface area contributed by atoms with Crippen molar-refractivity contribution < 1.29 is 9.90 Å². The molecule has 0 aliphatic heterocycles. The molecule has 0 heterocycles. The van der Waals surface area contributed by atoms with Gasteiger partial charge in [-0.15, -0.1) is 0 Å². The van der Waals surface area contributed by atoms with Crippen LogP contribution in [0.4, 0.5) is 0 Å². The summed E-state index contributed by atoms with van der Waals surface area (Å²) in [6.07, 6.45) is 2.50. The lowest BCUT2D eigenvalue weighted by Gasteiger charge is -2.06. The number of carboxylic acid groups (broad SMARTS) is 1. The molecule has 2 rings (SSSR count). The zero-order chi connectivity index (χ0) is 7.35. The minimum absolute atomic E-state index is 0.148. The van der Waals surface area contributed by atoms with Gasteiger partial charge in [-0.3, -0.25) is 4.79 Å². The second kappa shape index (κ2) is 1.53. The van der Waals surface area contributed by atoms with Crippen LogP contribution in [0.25, 0.3) is 0 Å². The van der Waals surface area contributed by atoms with Gasteiger partial charge in [-0.05, 0) is 25.2 Å². The molecule has 2 aliphatic carbocycles. The van der Waals surface area contributed by atoms with Crippen LogP contribution in [-0.4, -0.2) is 17.1 Å². The van der Waals surface area contributed by atoms with E-state index in [-0.39, 0.29) is 11.5 Å². The van der Waals surface area contributed by atoms with Crippen LogP contribution in [0.2, 0.25) is 0 Å². The van der Waals surface area contributed by atoms with Crippen molar-refractivity contribution in [3.8, 4) is 0 Å². The average molecular weight is 141 g/mol. The van der Waals surface area contributed by atoms with Gasteiger partial charge in [0.25, 0.3) is 0 Å². The number of hydrogen-bond acceptors (Lipinski definition) is 2. The maximum atomic E-state index is 10.7. The largest absolute Gasteiger partial charge is 0.481 e. The topological polar surface area (TPSA) is 63.3 Å². The Morgan fingerprint density at radius 1 is 1.60 bits per heavy atom. The van der Waals surface area contributed by atoms with Crippen molar-refractivity contribution in [3.63, 3.8) is 0 Å². The Kier molecular flexibility index (Phi) is 0.944. The summed E-state index contributed by atoms with van der Waals surface area (Å²) < 4.78 is 0. The predicted molar refractivity (Wildman–Crippen MR) is 35.4 cm³/mol. The van der Waals surface area contributed by atoms with E-state index in [1.807, 2.05) is 0 Å². The monoisotopic (exact) mass is 141 g/mol. The van der Waals surface area contributed by atoms with Crippen LogP contribution in [0.3, 0.4) is 0 Å².